The number of carbonyl (C=O) groups excluding carboxylic acids is 1. The van der Waals surface area contributed by atoms with Crippen molar-refractivity contribution < 1.29 is 14.7 Å². The van der Waals surface area contributed by atoms with E-state index in [1.54, 1.807) is 29.2 Å². The smallest absolute Gasteiger partial charge is 0.309 e. The molecule has 1 aliphatic carbocycles. The number of nitriles is 1. The molecule has 2 unspecified atom stereocenters. The van der Waals surface area contributed by atoms with E-state index in [2.05, 4.69) is 0 Å². The zero-order valence-corrected chi connectivity index (χ0v) is 10.8. The fraction of sp³-hybridized carbons (Fsp3) is 0.400. The molecule has 1 aromatic rings. The number of carboxylic acid groups (broad SMARTS) is 1. The third-order valence-electron chi connectivity index (χ3n) is 4.00. The summed E-state index contributed by atoms with van der Waals surface area (Å²) in [6.45, 7) is 0. The van der Waals surface area contributed by atoms with Crippen molar-refractivity contribution in [1.82, 2.24) is 4.90 Å². The number of amides is 1. The predicted molar refractivity (Wildman–Crippen MR) is 69.5 cm³/mol. The van der Waals surface area contributed by atoms with Gasteiger partial charge in [-0.2, -0.15) is 5.26 Å². The summed E-state index contributed by atoms with van der Waals surface area (Å²) in [6, 6.07) is 8.67. The largest absolute Gasteiger partial charge is 0.481 e. The molecule has 1 aliphatic heterocycles. The molecule has 102 valence electrons. The molecule has 1 saturated carbocycles. The molecule has 1 aromatic carbocycles. The van der Waals surface area contributed by atoms with Gasteiger partial charge in [0.2, 0.25) is 5.91 Å². The number of aliphatic carboxylic acids is 1. The lowest BCUT2D eigenvalue weighted by molar-refractivity contribution is -0.142. The summed E-state index contributed by atoms with van der Waals surface area (Å²) >= 11 is 0. The fourth-order valence-electron chi connectivity index (χ4n) is 2.91. The number of likely N-dealkylation sites (tertiary alicyclic amines) is 1. The molecule has 5 heteroatoms. The first-order chi connectivity index (χ1) is 9.61. The highest BCUT2D eigenvalue weighted by atomic mass is 16.4. The van der Waals surface area contributed by atoms with E-state index in [1.807, 2.05) is 6.07 Å². The van der Waals surface area contributed by atoms with Crippen molar-refractivity contribution >= 4 is 11.9 Å². The Balaban J connectivity index is 1.98. The van der Waals surface area contributed by atoms with E-state index in [1.165, 1.54) is 0 Å². The molecule has 3 rings (SSSR count). The van der Waals surface area contributed by atoms with Gasteiger partial charge in [0.05, 0.1) is 23.6 Å². The van der Waals surface area contributed by atoms with Crippen molar-refractivity contribution in [2.24, 2.45) is 5.92 Å². The summed E-state index contributed by atoms with van der Waals surface area (Å²) in [5, 5.41) is 18.2. The second-order valence-electron chi connectivity index (χ2n) is 5.36. The third-order valence-corrected chi connectivity index (χ3v) is 4.00. The van der Waals surface area contributed by atoms with Crippen molar-refractivity contribution in [3.8, 4) is 6.07 Å². The Morgan fingerprint density at radius 1 is 1.30 bits per heavy atom. The molecule has 1 N–H and O–H groups in total. The van der Waals surface area contributed by atoms with Crippen molar-refractivity contribution in [3.05, 3.63) is 35.4 Å². The molecule has 2 aliphatic rings. The Bertz CT molecular complexity index is 599. The Morgan fingerprint density at radius 3 is 2.45 bits per heavy atom. The van der Waals surface area contributed by atoms with Crippen molar-refractivity contribution in [3.63, 3.8) is 0 Å². The van der Waals surface area contributed by atoms with Gasteiger partial charge in [-0.1, -0.05) is 12.1 Å². The fourth-order valence-corrected chi connectivity index (χ4v) is 2.91. The molecule has 0 bridgehead atoms. The van der Waals surface area contributed by atoms with Crippen molar-refractivity contribution in [1.29, 1.82) is 5.26 Å². The minimum Gasteiger partial charge on any atom is -0.481 e. The van der Waals surface area contributed by atoms with E-state index < -0.39 is 17.9 Å². The molecule has 1 saturated heterocycles. The number of carboxylic acids is 1. The lowest BCUT2D eigenvalue weighted by Gasteiger charge is -2.27. The van der Waals surface area contributed by atoms with E-state index in [4.69, 9.17) is 5.26 Å². The van der Waals surface area contributed by atoms with Crippen LogP contribution in [0.25, 0.3) is 0 Å². The quantitative estimate of drug-likeness (QED) is 0.906. The van der Waals surface area contributed by atoms with E-state index in [-0.39, 0.29) is 18.4 Å². The van der Waals surface area contributed by atoms with Crippen molar-refractivity contribution in [2.45, 2.75) is 31.3 Å². The van der Waals surface area contributed by atoms with Gasteiger partial charge in [-0.05, 0) is 30.5 Å². The van der Waals surface area contributed by atoms with Crippen LogP contribution in [0.1, 0.15) is 36.4 Å². The summed E-state index contributed by atoms with van der Waals surface area (Å²) in [6.07, 6.45) is 1.96. The molecule has 0 aromatic heterocycles. The van der Waals surface area contributed by atoms with Gasteiger partial charge in [0.1, 0.15) is 0 Å². The number of hydrogen-bond donors (Lipinski definition) is 1. The van der Waals surface area contributed by atoms with E-state index in [9.17, 15) is 14.7 Å². The second kappa shape index (κ2) is 4.64. The van der Waals surface area contributed by atoms with Crippen molar-refractivity contribution in [2.75, 3.05) is 0 Å². The maximum atomic E-state index is 12.1. The highest BCUT2D eigenvalue weighted by Crippen LogP contribution is 2.44. The van der Waals surface area contributed by atoms with Gasteiger partial charge in [-0.3, -0.25) is 9.59 Å². The van der Waals surface area contributed by atoms with Crippen LogP contribution in [0.5, 0.6) is 0 Å². The monoisotopic (exact) mass is 270 g/mol. The van der Waals surface area contributed by atoms with Crippen LogP contribution in [-0.4, -0.2) is 27.9 Å². The summed E-state index contributed by atoms with van der Waals surface area (Å²) in [5.74, 6) is -1.71. The zero-order valence-electron chi connectivity index (χ0n) is 10.8. The highest BCUT2D eigenvalue weighted by Gasteiger charge is 2.49. The summed E-state index contributed by atoms with van der Waals surface area (Å²) in [5.41, 5.74) is 1.33. The predicted octanol–water partition coefficient (Wildman–Crippen LogP) is 1.69. The lowest BCUT2D eigenvalue weighted by Crippen LogP contribution is -2.32. The number of benzene rings is 1. The minimum atomic E-state index is -0.934. The average molecular weight is 270 g/mol. The third kappa shape index (κ3) is 2.03. The van der Waals surface area contributed by atoms with Crippen LogP contribution in [0.3, 0.4) is 0 Å². The Morgan fingerprint density at radius 2 is 1.95 bits per heavy atom. The summed E-state index contributed by atoms with van der Waals surface area (Å²) < 4.78 is 0. The van der Waals surface area contributed by atoms with Crippen LogP contribution in [0.2, 0.25) is 0 Å². The van der Waals surface area contributed by atoms with Gasteiger partial charge in [-0.25, -0.2) is 0 Å². The van der Waals surface area contributed by atoms with Crippen LogP contribution >= 0.6 is 0 Å². The maximum Gasteiger partial charge on any atom is 0.309 e. The lowest BCUT2D eigenvalue weighted by atomic mass is 9.93. The highest BCUT2D eigenvalue weighted by molar-refractivity contribution is 5.87. The van der Waals surface area contributed by atoms with Gasteiger partial charge < -0.3 is 10.0 Å². The molecule has 5 nitrogen and oxygen atoms in total. The van der Waals surface area contributed by atoms with Crippen LogP contribution in [-0.2, 0) is 9.59 Å². The summed E-state index contributed by atoms with van der Waals surface area (Å²) in [7, 11) is 0. The first kappa shape index (κ1) is 12.7. The van der Waals surface area contributed by atoms with E-state index >= 15 is 0 Å². The van der Waals surface area contributed by atoms with Gasteiger partial charge in [0.15, 0.2) is 0 Å². The van der Waals surface area contributed by atoms with Crippen LogP contribution in [0, 0.1) is 17.2 Å². The number of carbonyl (C=O) groups is 2. The topological polar surface area (TPSA) is 81.4 Å². The number of nitrogens with zero attached hydrogens (tertiary/aromatic N) is 2. The molecule has 0 spiro atoms. The molecular weight excluding hydrogens is 256 g/mol. The van der Waals surface area contributed by atoms with E-state index in [0.717, 1.165) is 18.4 Å². The normalized spacial score (nSPS) is 25.6. The molecule has 1 amide bonds. The molecular formula is C15H14N2O3. The molecule has 0 radical (unpaired) electrons. The first-order valence-electron chi connectivity index (χ1n) is 6.66. The van der Waals surface area contributed by atoms with Gasteiger partial charge in [0.25, 0.3) is 0 Å². The second-order valence-corrected chi connectivity index (χ2v) is 5.36. The number of rotatable bonds is 3. The van der Waals surface area contributed by atoms with Gasteiger partial charge in [0, 0.05) is 12.5 Å². The SMILES string of the molecule is N#Cc1ccc(C2C(C(=O)O)CC(=O)N2C2CC2)cc1. The van der Waals surface area contributed by atoms with Crippen LogP contribution in [0.15, 0.2) is 24.3 Å². The average Bonchev–Trinajstić information content (AvgIpc) is 3.22. The molecule has 20 heavy (non-hydrogen) atoms. The maximum absolute atomic E-state index is 12.1. The van der Waals surface area contributed by atoms with Crippen LogP contribution < -0.4 is 0 Å². The Hall–Kier alpha value is -2.35. The molecule has 1 heterocycles. The summed E-state index contributed by atoms with van der Waals surface area (Å²) in [4.78, 5) is 25.2. The standard InChI is InChI=1S/C15H14N2O3/c16-8-9-1-3-10(4-2-9)14-12(15(19)20)7-13(18)17(14)11-5-6-11/h1-4,11-12,14H,5-7H2,(H,19,20). The Labute approximate surface area is 116 Å². The molecule has 2 atom stereocenters. The van der Waals surface area contributed by atoms with E-state index in [0.29, 0.717) is 5.56 Å². The first-order valence-corrected chi connectivity index (χ1v) is 6.66. The van der Waals surface area contributed by atoms with Gasteiger partial charge >= 0.3 is 5.97 Å². The zero-order chi connectivity index (χ0) is 14.3. The number of hydrogen-bond acceptors (Lipinski definition) is 3. The Kier molecular flexibility index (Phi) is 2.94. The van der Waals surface area contributed by atoms with Gasteiger partial charge in [-0.15, -0.1) is 0 Å². The minimum absolute atomic E-state index is 0.0660. The molecule has 2 fully saturated rings. The van der Waals surface area contributed by atoms with Crippen LogP contribution in [0.4, 0.5) is 0 Å².